The van der Waals surface area contributed by atoms with Crippen molar-refractivity contribution in [3.05, 3.63) is 48.0 Å². The van der Waals surface area contributed by atoms with E-state index < -0.39 is 0 Å². The molecule has 0 aliphatic carbocycles. The van der Waals surface area contributed by atoms with E-state index in [0.717, 1.165) is 13.0 Å². The van der Waals surface area contributed by atoms with E-state index in [-0.39, 0.29) is 5.38 Å². The number of likely N-dealkylation sites (tertiary alicyclic amines) is 1. The van der Waals surface area contributed by atoms with Crippen molar-refractivity contribution >= 4 is 22.4 Å². The second-order valence-corrected chi connectivity index (χ2v) is 6.25. The second kappa shape index (κ2) is 6.60. The highest BCUT2D eigenvalue weighted by Crippen LogP contribution is 2.31. The summed E-state index contributed by atoms with van der Waals surface area (Å²) < 4.78 is 0. The SMILES string of the molecule is ClC(CCN1CCCCC1)c1cccc2ccccc12. The lowest BCUT2D eigenvalue weighted by molar-refractivity contribution is 0.226. The van der Waals surface area contributed by atoms with Gasteiger partial charge in [-0.3, -0.25) is 0 Å². The number of hydrogen-bond donors (Lipinski definition) is 0. The highest BCUT2D eigenvalue weighted by Gasteiger charge is 2.15. The van der Waals surface area contributed by atoms with Crippen LogP contribution in [-0.4, -0.2) is 24.5 Å². The first-order chi connectivity index (χ1) is 9.84. The molecule has 20 heavy (non-hydrogen) atoms. The molecule has 0 amide bonds. The second-order valence-electron chi connectivity index (χ2n) is 5.73. The van der Waals surface area contributed by atoms with Crippen LogP contribution in [0.25, 0.3) is 10.8 Å². The third-order valence-electron chi connectivity index (χ3n) is 4.31. The molecule has 1 aliphatic rings. The topological polar surface area (TPSA) is 3.24 Å². The Morgan fingerprint density at radius 1 is 0.950 bits per heavy atom. The van der Waals surface area contributed by atoms with E-state index in [9.17, 15) is 0 Å². The summed E-state index contributed by atoms with van der Waals surface area (Å²) in [5, 5.41) is 2.70. The minimum atomic E-state index is 0.114. The van der Waals surface area contributed by atoms with Crippen LogP contribution in [0.2, 0.25) is 0 Å². The third kappa shape index (κ3) is 3.16. The summed E-state index contributed by atoms with van der Waals surface area (Å²) in [5.74, 6) is 0. The highest BCUT2D eigenvalue weighted by molar-refractivity contribution is 6.21. The van der Waals surface area contributed by atoms with Crippen LogP contribution < -0.4 is 0 Å². The average molecular weight is 288 g/mol. The summed E-state index contributed by atoms with van der Waals surface area (Å²) in [7, 11) is 0. The summed E-state index contributed by atoms with van der Waals surface area (Å²) in [4.78, 5) is 2.56. The first-order valence-corrected chi connectivity index (χ1v) is 8.12. The number of nitrogens with zero attached hydrogens (tertiary/aromatic N) is 1. The fraction of sp³-hybridized carbons (Fsp3) is 0.444. The van der Waals surface area contributed by atoms with E-state index in [0.29, 0.717) is 0 Å². The number of halogens is 1. The van der Waals surface area contributed by atoms with Crippen molar-refractivity contribution in [3.63, 3.8) is 0 Å². The van der Waals surface area contributed by atoms with Crippen molar-refractivity contribution in [2.24, 2.45) is 0 Å². The molecule has 2 aromatic rings. The van der Waals surface area contributed by atoms with Gasteiger partial charge in [-0.05, 0) is 55.2 Å². The van der Waals surface area contributed by atoms with Gasteiger partial charge in [0.15, 0.2) is 0 Å². The molecule has 1 nitrogen and oxygen atoms in total. The van der Waals surface area contributed by atoms with Crippen LogP contribution in [0, 0.1) is 0 Å². The fourth-order valence-electron chi connectivity index (χ4n) is 3.16. The highest BCUT2D eigenvalue weighted by atomic mass is 35.5. The summed E-state index contributed by atoms with van der Waals surface area (Å²) in [5.41, 5.74) is 1.28. The number of piperidine rings is 1. The Morgan fingerprint density at radius 2 is 1.70 bits per heavy atom. The van der Waals surface area contributed by atoms with Gasteiger partial charge in [-0.1, -0.05) is 48.9 Å². The molecule has 0 radical (unpaired) electrons. The number of hydrogen-bond acceptors (Lipinski definition) is 1. The van der Waals surface area contributed by atoms with Gasteiger partial charge in [0.25, 0.3) is 0 Å². The third-order valence-corrected chi connectivity index (χ3v) is 4.76. The minimum Gasteiger partial charge on any atom is -0.303 e. The molecule has 1 aliphatic heterocycles. The molecule has 1 unspecified atom stereocenters. The zero-order valence-corrected chi connectivity index (χ0v) is 12.6. The molecule has 0 spiro atoms. The zero-order valence-electron chi connectivity index (χ0n) is 11.9. The molecule has 0 N–H and O–H groups in total. The Labute approximate surface area is 126 Å². The molecule has 0 bridgehead atoms. The van der Waals surface area contributed by atoms with E-state index in [1.165, 1.54) is 48.7 Å². The first-order valence-electron chi connectivity index (χ1n) is 7.69. The minimum absolute atomic E-state index is 0.114. The summed E-state index contributed by atoms with van der Waals surface area (Å²) >= 11 is 6.68. The molecule has 1 fully saturated rings. The lowest BCUT2D eigenvalue weighted by atomic mass is 10.00. The van der Waals surface area contributed by atoms with Crippen molar-refractivity contribution in [2.75, 3.05) is 19.6 Å². The standard InChI is InChI=1S/C18H22ClN/c19-18(11-14-20-12-4-1-5-13-20)17-10-6-8-15-7-2-3-9-16(15)17/h2-3,6-10,18H,1,4-5,11-14H2. The van der Waals surface area contributed by atoms with Crippen LogP contribution in [0.3, 0.4) is 0 Å². The van der Waals surface area contributed by atoms with Crippen LogP contribution in [0.15, 0.2) is 42.5 Å². The molecule has 1 heterocycles. The number of alkyl halides is 1. The van der Waals surface area contributed by atoms with Gasteiger partial charge in [0, 0.05) is 0 Å². The van der Waals surface area contributed by atoms with Gasteiger partial charge >= 0.3 is 0 Å². The van der Waals surface area contributed by atoms with E-state index in [1.807, 2.05) is 0 Å². The van der Waals surface area contributed by atoms with Gasteiger partial charge in [-0.2, -0.15) is 0 Å². The number of rotatable bonds is 4. The normalized spacial score (nSPS) is 18.2. The molecule has 3 rings (SSSR count). The van der Waals surface area contributed by atoms with Crippen molar-refractivity contribution in [1.82, 2.24) is 4.90 Å². The van der Waals surface area contributed by atoms with Gasteiger partial charge in [0.2, 0.25) is 0 Å². The van der Waals surface area contributed by atoms with Crippen LogP contribution in [0.5, 0.6) is 0 Å². The summed E-state index contributed by atoms with van der Waals surface area (Å²) in [6.07, 6.45) is 5.13. The van der Waals surface area contributed by atoms with Crippen LogP contribution >= 0.6 is 11.6 Å². The number of fused-ring (bicyclic) bond motifs is 1. The quantitative estimate of drug-likeness (QED) is 0.716. The summed E-state index contributed by atoms with van der Waals surface area (Å²) in [6, 6.07) is 15.0. The molecule has 2 aromatic carbocycles. The largest absolute Gasteiger partial charge is 0.303 e. The fourth-order valence-corrected chi connectivity index (χ4v) is 3.45. The summed E-state index contributed by atoms with van der Waals surface area (Å²) in [6.45, 7) is 3.62. The smallest absolute Gasteiger partial charge is 0.0603 e. The molecular formula is C18H22ClN. The van der Waals surface area contributed by atoms with Gasteiger partial charge < -0.3 is 4.90 Å². The van der Waals surface area contributed by atoms with Crippen molar-refractivity contribution in [3.8, 4) is 0 Å². The maximum Gasteiger partial charge on any atom is 0.0603 e. The van der Waals surface area contributed by atoms with Crippen molar-refractivity contribution in [2.45, 2.75) is 31.1 Å². The lowest BCUT2D eigenvalue weighted by Crippen LogP contribution is -2.31. The lowest BCUT2D eigenvalue weighted by Gasteiger charge is -2.27. The van der Waals surface area contributed by atoms with E-state index in [1.54, 1.807) is 0 Å². The molecule has 106 valence electrons. The Morgan fingerprint density at radius 3 is 2.55 bits per heavy atom. The van der Waals surface area contributed by atoms with E-state index in [4.69, 9.17) is 11.6 Å². The maximum absolute atomic E-state index is 6.68. The van der Waals surface area contributed by atoms with E-state index >= 15 is 0 Å². The monoisotopic (exact) mass is 287 g/mol. The maximum atomic E-state index is 6.68. The van der Waals surface area contributed by atoms with Crippen molar-refractivity contribution < 1.29 is 0 Å². The number of benzene rings is 2. The van der Waals surface area contributed by atoms with Gasteiger partial charge in [0.1, 0.15) is 0 Å². The van der Waals surface area contributed by atoms with Gasteiger partial charge in [-0.25, -0.2) is 0 Å². The molecule has 0 saturated carbocycles. The zero-order chi connectivity index (χ0) is 13.8. The molecule has 1 saturated heterocycles. The Balaban J connectivity index is 1.70. The Kier molecular flexibility index (Phi) is 4.59. The molecule has 1 atom stereocenters. The van der Waals surface area contributed by atoms with Crippen LogP contribution in [-0.2, 0) is 0 Å². The molecular weight excluding hydrogens is 266 g/mol. The average Bonchev–Trinajstić information content (AvgIpc) is 2.53. The Bertz CT molecular complexity index is 555. The van der Waals surface area contributed by atoms with Crippen LogP contribution in [0.4, 0.5) is 0 Å². The van der Waals surface area contributed by atoms with Gasteiger partial charge in [0.05, 0.1) is 5.38 Å². The molecule has 2 heteroatoms. The van der Waals surface area contributed by atoms with E-state index in [2.05, 4.69) is 47.4 Å². The Hall–Kier alpha value is -1.05. The predicted octanol–water partition coefficient (Wildman–Crippen LogP) is 5.00. The van der Waals surface area contributed by atoms with Gasteiger partial charge in [-0.15, -0.1) is 11.6 Å². The molecule has 0 aromatic heterocycles. The first kappa shape index (κ1) is 13.9. The van der Waals surface area contributed by atoms with Crippen LogP contribution in [0.1, 0.15) is 36.6 Å². The predicted molar refractivity (Wildman–Crippen MR) is 87.5 cm³/mol. The van der Waals surface area contributed by atoms with Crippen molar-refractivity contribution in [1.29, 1.82) is 0 Å².